The summed E-state index contributed by atoms with van der Waals surface area (Å²) in [5.74, 6) is 0.483. The number of methoxy groups -OCH3 is 1. The predicted octanol–water partition coefficient (Wildman–Crippen LogP) is 3.67. The fraction of sp³-hybridized carbons (Fsp3) is 0.167. The van der Waals surface area contributed by atoms with Gasteiger partial charge in [-0.1, -0.05) is 23.7 Å². The number of rotatable bonds is 4. The van der Waals surface area contributed by atoms with Crippen molar-refractivity contribution in [2.24, 2.45) is 0 Å². The second-order valence-electron chi connectivity index (χ2n) is 3.59. The highest BCUT2D eigenvalue weighted by Crippen LogP contribution is 2.23. The standard InChI is InChI=1S/C12H11Cl2N3O/c1-18-7-8-2-4-9(5-3-8)16-11-10(13)6-15-12(14)17-11/h2-6H,7H2,1H3,(H,15,16,17). The minimum Gasteiger partial charge on any atom is -0.380 e. The van der Waals surface area contributed by atoms with Crippen molar-refractivity contribution in [3.63, 3.8) is 0 Å². The molecule has 2 rings (SSSR count). The van der Waals surface area contributed by atoms with E-state index >= 15 is 0 Å². The summed E-state index contributed by atoms with van der Waals surface area (Å²) in [4.78, 5) is 7.80. The first-order valence-corrected chi connectivity index (χ1v) is 5.97. The summed E-state index contributed by atoms with van der Waals surface area (Å²) >= 11 is 11.7. The Labute approximate surface area is 115 Å². The van der Waals surface area contributed by atoms with Crippen LogP contribution in [-0.4, -0.2) is 17.1 Å². The summed E-state index contributed by atoms with van der Waals surface area (Å²) in [6.07, 6.45) is 1.46. The third-order valence-corrected chi connectivity index (χ3v) is 2.70. The van der Waals surface area contributed by atoms with Gasteiger partial charge in [0.05, 0.1) is 12.8 Å². The minimum atomic E-state index is 0.151. The molecular formula is C12H11Cl2N3O. The van der Waals surface area contributed by atoms with Crippen LogP contribution in [0.4, 0.5) is 11.5 Å². The molecule has 2 aromatic rings. The van der Waals surface area contributed by atoms with Gasteiger partial charge in [-0.05, 0) is 29.3 Å². The molecule has 0 saturated heterocycles. The molecule has 18 heavy (non-hydrogen) atoms. The number of halogens is 2. The zero-order chi connectivity index (χ0) is 13.0. The van der Waals surface area contributed by atoms with Crippen LogP contribution >= 0.6 is 23.2 Å². The summed E-state index contributed by atoms with van der Waals surface area (Å²) < 4.78 is 5.04. The van der Waals surface area contributed by atoms with E-state index in [-0.39, 0.29) is 5.28 Å². The van der Waals surface area contributed by atoms with Crippen molar-refractivity contribution < 1.29 is 4.74 Å². The molecule has 0 fully saturated rings. The first-order valence-electron chi connectivity index (χ1n) is 5.22. The lowest BCUT2D eigenvalue weighted by Crippen LogP contribution is -1.96. The molecule has 0 unspecified atom stereocenters. The number of ether oxygens (including phenoxy) is 1. The maximum absolute atomic E-state index is 5.96. The van der Waals surface area contributed by atoms with Gasteiger partial charge < -0.3 is 10.1 Å². The monoisotopic (exact) mass is 283 g/mol. The molecule has 0 radical (unpaired) electrons. The number of hydrogen-bond acceptors (Lipinski definition) is 4. The summed E-state index contributed by atoms with van der Waals surface area (Å²) in [6.45, 7) is 0.584. The van der Waals surface area contributed by atoms with Gasteiger partial charge in [0, 0.05) is 12.8 Å². The summed E-state index contributed by atoms with van der Waals surface area (Å²) in [5, 5.41) is 3.64. The van der Waals surface area contributed by atoms with E-state index in [0.29, 0.717) is 17.4 Å². The third-order valence-electron chi connectivity index (χ3n) is 2.24. The van der Waals surface area contributed by atoms with E-state index in [4.69, 9.17) is 27.9 Å². The average Bonchev–Trinajstić information content (AvgIpc) is 2.37. The van der Waals surface area contributed by atoms with Gasteiger partial charge in [-0.2, -0.15) is 4.98 Å². The van der Waals surface area contributed by atoms with Gasteiger partial charge in [-0.25, -0.2) is 4.98 Å². The number of benzene rings is 1. The lowest BCUT2D eigenvalue weighted by Gasteiger charge is -2.08. The fourth-order valence-corrected chi connectivity index (χ4v) is 1.69. The third kappa shape index (κ3) is 3.32. The molecule has 0 bridgehead atoms. The molecule has 1 aromatic carbocycles. The molecule has 94 valence electrons. The number of nitrogens with zero attached hydrogens (tertiary/aromatic N) is 2. The zero-order valence-electron chi connectivity index (χ0n) is 9.65. The Bertz CT molecular complexity index is 531. The lowest BCUT2D eigenvalue weighted by molar-refractivity contribution is 0.185. The molecule has 6 heteroatoms. The lowest BCUT2D eigenvalue weighted by atomic mass is 10.2. The number of anilines is 2. The van der Waals surface area contributed by atoms with E-state index in [1.165, 1.54) is 6.20 Å². The van der Waals surface area contributed by atoms with Crippen LogP contribution in [0.2, 0.25) is 10.3 Å². The van der Waals surface area contributed by atoms with Gasteiger partial charge in [-0.15, -0.1) is 0 Å². The van der Waals surface area contributed by atoms with Gasteiger partial charge in [0.25, 0.3) is 0 Å². The first kappa shape index (κ1) is 13.1. The summed E-state index contributed by atoms with van der Waals surface area (Å²) in [6, 6.07) is 7.76. The molecule has 0 aliphatic heterocycles. The van der Waals surface area contributed by atoms with Crippen molar-refractivity contribution in [1.82, 2.24) is 9.97 Å². The van der Waals surface area contributed by atoms with Gasteiger partial charge >= 0.3 is 0 Å². The molecule has 0 spiro atoms. The van der Waals surface area contributed by atoms with E-state index in [0.717, 1.165) is 11.3 Å². The van der Waals surface area contributed by atoms with Crippen LogP contribution in [0, 0.1) is 0 Å². The molecule has 0 aliphatic rings. The largest absolute Gasteiger partial charge is 0.380 e. The molecule has 1 heterocycles. The van der Waals surface area contributed by atoms with E-state index in [2.05, 4.69) is 15.3 Å². The molecular weight excluding hydrogens is 273 g/mol. The summed E-state index contributed by atoms with van der Waals surface area (Å²) in [5.41, 5.74) is 1.96. The van der Waals surface area contributed by atoms with Crippen molar-refractivity contribution in [3.8, 4) is 0 Å². The van der Waals surface area contributed by atoms with Crippen molar-refractivity contribution >= 4 is 34.7 Å². The highest BCUT2D eigenvalue weighted by atomic mass is 35.5. The fourth-order valence-electron chi connectivity index (χ4n) is 1.42. The van der Waals surface area contributed by atoms with Crippen molar-refractivity contribution in [2.75, 3.05) is 12.4 Å². The Morgan fingerprint density at radius 2 is 1.94 bits per heavy atom. The van der Waals surface area contributed by atoms with Crippen molar-refractivity contribution in [3.05, 3.63) is 46.3 Å². The Kier molecular flexibility index (Phi) is 4.36. The quantitative estimate of drug-likeness (QED) is 0.870. The van der Waals surface area contributed by atoms with Gasteiger partial charge in [-0.3, -0.25) is 0 Å². The first-order chi connectivity index (χ1) is 8.69. The Morgan fingerprint density at radius 1 is 1.22 bits per heavy atom. The van der Waals surface area contributed by atoms with Crippen LogP contribution in [-0.2, 0) is 11.3 Å². The normalized spacial score (nSPS) is 10.4. The number of hydrogen-bond donors (Lipinski definition) is 1. The second-order valence-corrected chi connectivity index (χ2v) is 4.34. The van der Waals surface area contributed by atoms with E-state index in [1.807, 2.05) is 24.3 Å². The van der Waals surface area contributed by atoms with Gasteiger partial charge in [0.2, 0.25) is 5.28 Å². The van der Waals surface area contributed by atoms with Crippen LogP contribution in [0.3, 0.4) is 0 Å². The van der Waals surface area contributed by atoms with Crippen LogP contribution in [0.25, 0.3) is 0 Å². The Morgan fingerprint density at radius 3 is 2.61 bits per heavy atom. The number of nitrogens with one attached hydrogen (secondary N) is 1. The maximum Gasteiger partial charge on any atom is 0.224 e. The zero-order valence-corrected chi connectivity index (χ0v) is 11.2. The van der Waals surface area contributed by atoms with Crippen LogP contribution in [0.1, 0.15) is 5.56 Å². The maximum atomic E-state index is 5.96. The van der Waals surface area contributed by atoms with Crippen molar-refractivity contribution in [1.29, 1.82) is 0 Å². The topological polar surface area (TPSA) is 47.0 Å². The highest BCUT2D eigenvalue weighted by molar-refractivity contribution is 6.33. The van der Waals surface area contributed by atoms with Gasteiger partial charge in [0.1, 0.15) is 5.02 Å². The molecule has 1 aromatic heterocycles. The molecule has 4 nitrogen and oxygen atoms in total. The minimum absolute atomic E-state index is 0.151. The molecule has 0 saturated carbocycles. The molecule has 1 N–H and O–H groups in total. The Balaban J connectivity index is 2.15. The van der Waals surface area contributed by atoms with E-state index in [1.54, 1.807) is 7.11 Å². The van der Waals surface area contributed by atoms with E-state index in [9.17, 15) is 0 Å². The highest BCUT2D eigenvalue weighted by Gasteiger charge is 2.04. The summed E-state index contributed by atoms with van der Waals surface area (Å²) in [7, 11) is 1.66. The van der Waals surface area contributed by atoms with Crippen LogP contribution in [0.15, 0.2) is 30.5 Å². The van der Waals surface area contributed by atoms with Crippen LogP contribution < -0.4 is 5.32 Å². The molecule has 0 atom stereocenters. The Hall–Kier alpha value is -1.36. The predicted molar refractivity (Wildman–Crippen MR) is 72.5 cm³/mol. The average molecular weight is 284 g/mol. The smallest absolute Gasteiger partial charge is 0.224 e. The molecule has 0 aliphatic carbocycles. The van der Waals surface area contributed by atoms with Crippen molar-refractivity contribution in [2.45, 2.75) is 6.61 Å². The SMILES string of the molecule is COCc1ccc(Nc2nc(Cl)ncc2Cl)cc1. The number of aromatic nitrogens is 2. The van der Waals surface area contributed by atoms with Gasteiger partial charge in [0.15, 0.2) is 5.82 Å². The molecule has 0 amide bonds. The second kappa shape index (κ2) is 6.00. The van der Waals surface area contributed by atoms with E-state index < -0.39 is 0 Å². The van der Waals surface area contributed by atoms with Crippen LogP contribution in [0.5, 0.6) is 0 Å².